The minimum absolute atomic E-state index is 0.00322. The summed E-state index contributed by atoms with van der Waals surface area (Å²) in [5.74, 6) is 0. The highest BCUT2D eigenvalue weighted by atomic mass is 16.1. The zero-order valence-electron chi connectivity index (χ0n) is 11.9. The number of nitrogens with zero attached hydrogens (tertiary/aromatic N) is 2. The van der Waals surface area contributed by atoms with Gasteiger partial charge in [-0.05, 0) is 45.0 Å². The maximum atomic E-state index is 12.0. The van der Waals surface area contributed by atoms with Crippen LogP contribution in [0.4, 0.5) is 0 Å². The first-order chi connectivity index (χ1) is 9.75. The molecule has 20 heavy (non-hydrogen) atoms. The number of fused-ring (bicyclic) bond motifs is 1. The fourth-order valence-electron chi connectivity index (χ4n) is 3.04. The predicted molar refractivity (Wildman–Crippen MR) is 82.7 cm³/mol. The Bertz CT molecular complexity index is 649. The van der Waals surface area contributed by atoms with Crippen molar-refractivity contribution in [2.24, 2.45) is 0 Å². The van der Waals surface area contributed by atoms with Crippen molar-refractivity contribution in [3.8, 4) is 0 Å². The number of nitrogens with one attached hydrogen (secondary N) is 1. The third-order valence-corrected chi connectivity index (χ3v) is 4.22. The van der Waals surface area contributed by atoms with E-state index in [-0.39, 0.29) is 5.56 Å². The Morgan fingerprint density at radius 1 is 1.25 bits per heavy atom. The Balaban J connectivity index is 1.74. The van der Waals surface area contributed by atoms with Gasteiger partial charge in [0.25, 0.3) is 5.56 Å². The number of likely N-dealkylation sites (tertiary alicyclic amines) is 1. The van der Waals surface area contributed by atoms with E-state index in [4.69, 9.17) is 0 Å². The van der Waals surface area contributed by atoms with E-state index in [1.807, 2.05) is 30.3 Å². The number of pyridine rings is 1. The zero-order chi connectivity index (χ0) is 13.9. The van der Waals surface area contributed by atoms with E-state index in [2.05, 4.69) is 17.4 Å². The third kappa shape index (κ3) is 2.56. The normalized spacial score (nSPS) is 19.6. The summed E-state index contributed by atoms with van der Waals surface area (Å²) in [6.07, 6.45) is 3.63. The van der Waals surface area contributed by atoms with Gasteiger partial charge in [-0.25, -0.2) is 4.68 Å². The predicted octanol–water partition coefficient (Wildman–Crippen LogP) is 2.03. The van der Waals surface area contributed by atoms with Crippen LogP contribution in [-0.2, 0) is 0 Å². The lowest BCUT2D eigenvalue weighted by Gasteiger charge is -2.20. The lowest BCUT2D eigenvalue weighted by Crippen LogP contribution is -2.33. The average Bonchev–Trinajstić information content (AvgIpc) is 2.87. The highest BCUT2D eigenvalue weighted by Gasteiger charge is 2.19. The Kier molecular flexibility index (Phi) is 3.74. The fraction of sp³-hybridized carbons (Fsp3) is 0.438. The van der Waals surface area contributed by atoms with Gasteiger partial charge in [0.05, 0.1) is 5.52 Å². The minimum atomic E-state index is 0.00322. The highest BCUT2D eigenvalue weighted by molar-refractivity contribution is 5.78. The van der Waals surface area contributed by atoms with Crippen LogP contribution < -0.4 is 11.0 Å². The van der Waals surface area contributed by atoms with Gasteiger partial charge in [-0.15, -0.1) is 0 Å². The number of hydrogen-bond donors (Lipinski definition) is 1. The van der Waals surface area contributed by atoms with Gasteiger partial charge in [0.15, 0.2) is 0 Å². The average molecular weight is 271 g/mol. The maximum Gasteiger partial charge on any atom is 0.269 e. The van der Waals surface area contributed by atoms with Gasteiger partial charge >= 0.3 is 0 Å². The molecular weight excluding hydrogens is 250 g/mol. The smallest absolute Gasteiger partial charge is 0.269 e. The molecule has 106 valence electrons. The summed E-state index contributed by atoms with van der Waals surface area (Å²) in [5, 5.41) is 1.08. The quantitative estimate of drug-likeness (QED) is 0.924. The van der Waals surface area contributed by atoms with Crippen LogP contribution >= 0.6 is 0 Å². The Hall–Kier alpha value is -1.81. The van der Waals surface area contributed by atoms with E-state index in [9.17, 15) is 4.79 Å². The molecular formula is C16H21N3O. The SMILES string of the molecule is CN1CCCC1CCNn1c(=O)ccc2ccccc21. The van der Waals surface area contributed by atoms with Crippen LogP contribution in [0.25, 0.3) is 10.9 Å². The standard InChI is InChI=1S/C16H21N3O/c1-18-12-4-6-14(18)10-11-17-19-15-7-3-2-5-13(15)8-9-16(19)20/h2-3,5,7-9,14,17H,4,6,10-12H2,1H3. The highest BCUT2D eigenvalue weighted by Crippen LogP contribution is 2.17. The summed E-state index contributed by atoms with van der Waals surface area (Å²) < 4.78 is 1.67. The number of aromatic nitrogens is 1. The molecule has 2 heterocycles. The molecule has 1 unspecified atom stereocenters. The van der Waals surface area contributed by atoms with Crippen LogP contribution in [0.3, 0.4) is 0 Å². The van der Waals surface area contributed by atoms with Crippen LogP contribution in [0.5, 0.6) is 0 Å². The molecule has 1 aromatic carbocycles. The van der Waals surface area contributed by atoms with Crippen molar-refractivity contribution in [2.75, 3.05) is 25.6 Å². The van der Waals surface area contributed by atoms with Gasteiger partial charge in [0, 0.05) is 24.0 Å². The molecule has 3 rings (SSSR count). The Morgan fingerprint density at radius 3 is 2.90 bits per heavy atom. The van der Waals surface area contributed by atoms with E-state index in [0.717, 1.165) is 23.9 Å². The number of rotatable bonds is 4. The maximum absolute atomic E-state index is 12.0. The van der Waals surface area contributed by atoms with Crippen molar-refractivity contribution >= 4 is 10.9 Å². The Labute approximate surface area is 119 Å². The molecule has 1 aliphatic rings. The molecule has 0 amide bonds. The van der Waals surface area contributed by atoms with Crippen LogP contribution in [-0.4, -0.2) is 35.8 Å². The summed E-state index contributed by atoms with van der Waals surface area (Å²) in [7, 11) is 2.18. The first-order valence-electron chi connectivity index (χ1n) is 7.30. The van der Waals surface area contributed by atoms with Crippen molar-refractivity contribution in [1.29, 1.82) is 0 Å². The van der Waals surface area contributed by atoms with E-state index >= 15 is 0 Å². The molecule has 1 fully saturated rings. The second-order valence-corrected chi connectivity index (χ2v) is 5.54. The van der Waals surface area contributed by atoms with Gasteiger partial charge in [-0.3, -0.25) is 4.79 Å². The summed E-state index contributed by atoms with van der Waals surface area (Å²) in [4.78, 5) is 14.4. The van der Waals surface area contributed by atoms with Crippen molar-refractivity contribution in [1.82, 2.24) is 9.58 Å². The van der Waals surface area contributed by atoms with E-state index in [1.54, 1.807) is 10.7 Å². The zero-order valence-corrected chi connectivity index (χ0v) is 11.9. The molecule has 4 heteroatoms. The van der Waals surface area contributed by atoms with Gasteiger partial charge in [0.2, 0.25) is 0 Å². The second-order valence-electron chi connectivity index (χ2n) is 5.54. The largest absolute Gasteiger partial charge is 0.323 e. The van der Waals surface area contributed by atoms with E-state index in [0.29, 0.717) is 6.04 Å². The molecule has 1 saturated heterocycles. The molecule has 0 spiro atoms. The van der Waals surface area contributed by atoms with Crippen LogP contribution in [0.15, 0.2) is 41.2 Å². The number of hydrogen-bond acceptors (Lipinski definition) is 3. The molecule has 1 aromatic heterocycles. The molecule has 2 aromatic rings. The van der Waals surface area contributed by atoms with Gasteiger partial charge in [-0.1, -0.05) is 18.2 Å². The number of para-hydroxylation sites is 1. The molecule has 1 atom stereocenters. The van der Waals surface area contributed by atoms with Gasteiger partial charge in [-0.2, -0.15) is 0 Å². The lowest BCUT2D eigenvalue weighted by molar-refractivity contribution is 0.299. The van der Waals surface area contributed by atoms with Crippen molar-refractivity contribution < 1.29 is 0 Å². The first-order valence-corrected chi connectivity index (χ1v) is 7.30. The fourth-order valence-corrected chi connectivity index (χ4v) is 3.04. The summed E-state index contributed by atoms with van der Waals surface area (Å²) in [6.45, 7) is 2.02. The van der Waals surface area contributed by atoms with Gasteiger partial charge < -0.3 is 10.3 Å². The molecule has 4 nitrogen and oxygen atoms in total. The third-order valence-electron chi connectivity index (χ3n) is 4.22. The van der Waals surface area contributed by atoms with Crippen LogP contribution in [0.1, 0.15) is 19.3 Å². The first kappa shape index (κ1) is 13.2. The van der Waals surface area contributed by atoms with Crippen molar-refractivity contribution in [3.05, 3.63) is 46.8 Å². The van der Waals surface area contributed by atoms with Crippen molar-refractivity contribution in [2.45, 2.75) is 25.3 Å². The molecule has 1 aliphatic heterocycles. The van der Waals surface area contributed by atoms with E-state index < -0.39 is 0 Å². The molecule has 0 saturated carbocycles. The lowest BCUT2D eigenvalue weighted by atomic mass is 10.1. The number of benzene rings is 1. The minimum Gasteiger partial charge on any atom is -0.323 e. The summed E-state index contributed by atoms with van der Waals surface area (Å²) in [6, 6.07) is 12.1. The second kappa shape index (κ2) is 5.67. The summed E-state index contributed by atoms with van der Waals surface area (Å²) >= 11 is 0. The Morgan fingerprint density at radius 2 is 2.10 bits per heavy atom. The topological polar surface area (TPSA) is 37.3 Å². The van der Waals surface area contributed by atoms with Gasteiger partial charge in [0.1, 0.15) is 0 Å². The summed E-state index contributed by atoms with van der Waals surface area (Å²) in [5.41, 5.74) is 4.23. The molecule has 0 aliphatic carbocycles. The van der Waals surface area contributed by atoms with Crippen molar-refractivity contribution in [3.63, 3.8) is 0 Å². The molecule has 1 N–H and O–H groups in total. The van der Waals surface area contributed by atoms with E-state index in [1.165, 1.54) is 19.4 Å². The monoisotopic (exact) mass is 271 g/mol. The molecule has 0 bridgehead atoms. The van der Waals surface area contributed by atoms with Crippen LogP contribution in [0, 0.1) is 0 Å². The molecule has 0 radical (unpaired) electrons. The van der Waals surface area contributed by atoms with Crippen LogP contribution in [0.2, 0.25) is 0 Å².